The summed E-state index contributed by atoms with van der Waals surface area (Å²) in [6.07, 6.45) is 0.116. The number of allylic oxidation sites excluding steroid dienone is 1. The van der Waals surface area contributed by atoms with E-state index >= 15 is 0 Å². The Balaban J connectivity index is 1.81. The zero-order valence-electron chi connectivity index (χ0n) is 18.9. The number of nitriles is 1. The molecule has 2 aromatic rings. The van der Waals surface area contributed by atoms with Crippen LogP contribution in [0.1, 0.15) is 24.8 Å². The molecule has 0 bridgehead atoms. The number of amides is 2. The topological polar surface area (TPSA) is 110 Å². The highest BCUT2D eigenvalue weighted by molar-refractivity contribution is 8.03. The first-order chi connectivity index (χ1) is 16.4. The second-order valence-corrected chi connectivity index (χ2v) is 8.55. The SMILES string of the molecule is CCOc1ccccc1[C@@H]1CC(=O)NC(SCC(=O)Nc2cc(OC)c(Cl)cc2OC)=C1C#N. The van der Waals surface area contributed by atoms with E-state index in [-0.39, 0.29) is 24.0 Å². The van der Waals surface area contributed by atoms with Gasteiger partial charge in [-0.2, -0.15) is 5.26 Å². The summed E-state index contributed by atoms with van der Waals surface area (Å²) in [5.74, 6) is 0.283. The third-order valence-corrected chi connectivity index (χ3v) is 6.36. The molecule has 1 aliphatic rings. The van der Waals surface area contributed by atoms with Gasteiger partial charge in [-0.3, -0.25) is 9.59 Å². The van der Waals surface area contributed by atoms with Crippen molar-refractivity contribution in [3.63, 3.8) is 0 Å². The van der Waals surface area contributed by atoms with Crippen molar-refractivity contribution in [1.29, 1.82) is 5.26 Å². The van der Waals surface area contributed by atoms with Crippen LogP contribution in [0.2, 0.25) is 5.02 Å². The Bertz CT molecular complexity index is 1160. The lowest BCUT2D eigenvalue weighted by molar-refractivity contribution is -0.121. The number of anilines is 1. The molecule has 0 aliphatic carbocycles. The molecule has 0 fully saturated rings. The largest absolute Gasteiger partial charge is 0.495 e. The number of para-hydroxylation sites is 1. The van der Waals surface area contributed by atoms with E-state index in [0.29, 0.717) is 45.2 Å². The van der Waals surface area contributed by atoms with Gasteiger partial charge in [0.1, 0.15) is 17.2 Å². The Morgan fingerprint density at radius 3 is 2.65 bits per heavy atom. The van der Waals surface area contributed by atoms with Crippen LogP contribution in [-0.2, 0) is 9.59 Å². The average Bonchev–Trinajstić information content (AvgIpc) is 2.83. The third kappa shape index (κ3) is 5.76. The van der Waals surface area contributed by atoms with Crippen molar-refractivity contribution in [2.75, 3.05) is 31.9 Å². The van der Waals surface area contributed by atoms with Crippen molar-refractivity contribution in [1.82, 2.24) is 5.32 Å². The zero-order valence-corrected chi connectivity index (χ0v) is 20.5. The van der Waals surface area contributed by atoms with Gasteiger partial charge in [-0.15, -0.1) is 0 Å². The number of hydrogen-bond donors (Lipinski definition) is 2. The molecule has 0 aromatic heterocycles. The van der Waals surface area contributed by atoms with Gasteiger partial charge < -0.3 is 24.8 Å². The zero-order chi connectivity index (χ0) is 24.7. The van der Waals surface area contributed by atoms with E-state index < -0.39 is 5.92 Å². The second-order valence-electron chi connectivity index (χ2n) is 7.15. The van der Waals surface area contributed by atoms with E-state index in [2.05, 4.69) is 16.7 Å². The summed E-state index contributed by atoms with van der Waals surface area (Å²) in [7, 11) is 2.93. The molecule has 0 spiro atoms. The van der Waals surface area contributed by atoms with Gasteiger partial charge in [-0.05, 0) is 13.0 Å². The first-order valence-corrected chi connectivity index (χ1v) is 11.8. The smallest absolute Gasteiger partial charge is 0.234 e. The van der Waals surface area contributed by atoms with Crippen molar-refractivity contribution < 1.29 is 23.8 Å². The van der Waals surface area contributed by atoms with Crippen molar-refractivity contribution >= 4 is 40.9 Å². The van der Waals surface area contributed by atoms with Gasteiger partial charge in [0.05, 0.1) is 54.0 Å². The predicted octanol–water partition coefficient (Wildman–Crippen LogP) is 4.47. The highest BCUT2D eigenvalue weighted by Gasteiger charge is 2.31. The second kappa shape index (κ2) is 11.7. The normalized spacial score (nSPS) is 15.3. The highest BCUT2D eigenvalue weighted by Crippen LogP contribution is 2.40. The molecule has 8 nitrogen and oxygen atoms in total. The molecule has 0 saturated carbocycles. The fourth-order valence-corrected chi connectivity index (χ4v) is 4.64. The van der Waals surface area contributed by atoms with E-state index in [1.165, 1.54) is 14.2 Å². The maximum atomic E-state index is 12.7. The Morgan fingerprint density at radius 2 is 1.97 bits per heavy atom. The lowest BCUT2D eigenvalue weighted by Gasteiger charge is -2.26. The van der Waals surface area contributed by atoms with Gasteiger partial charge in [-0.25, -0.2) is 0 Å². The molecule has 0 radical (unpaired) electrons. The quantitative estimate of drug-likeness (QED) is 0.521. The van der Waals surface area contributed by atoms with Crippen LogP contribution in [0.4, 0.5) is 5.69 Å². The molecular weight excluding hydrogens is 478 g/mol. The van der Waals surface area contributed by atoms with Gasteiger partial charge in [0, 0.05) is 30.0 Å². The standard InChI is InChI=1S/C24H24ClN3O5S/c1-4-33-19-8-6-5-7-14(19)15-9-22(29)28-24(16(15)12-26)34-13-23(30)27-18-11-20(31-2)17(25)10-21(18)32-3/h5-8,10-11,15H,4,9,13H2,1-3H3,(H,27,30)(H,28,29)/t15-/m0/s1. The minimum atomic E-state index is -0.465. The van der Waals surface area contributed by atoms with Crippen LogP contribution in [0.25, 0.3) is 0 Å². The molecular formula is C24H24ClN3O5S. The number of nitrogens with zero attached hydrogens (tertiary/aromatic N) is 1. The summed E-state index contributed by atoms with van der Waals surface area (Å²) in [5.41, 5.74) is 1.53. The highest BCUT2D eigenvalue weighted by atomic mass is 35.5. The number of benzene rings is 2. The number of thioether (sulfide) groups is 1. The molecule has 0 unspecified atom stereocenters. The molecule has 2 amide bonds. The van der Waals surface area contributed by atoms with Crippen LogP contribution in [0.15, 0.2) is 47.0 Å². The van der Waals surface area contributed by atoms with Crippen molar-refractivity contribution in [3.05, 3.63) is 57.6 Å². The van der Waals surface area contributed by atoms with Crippen molar-refractivity contribution in [3.8, 4) is 23.3 Å². The van der Waals surface area contributed by atoms with Gasteiger partial charge in [0.2, 0.25) is 11.8 Å². The number of halogens is 1. The number of ether oxygens (including phenoxy) is 3. The minimum absolute atomic E-state index is 0.0469. The van der Waals surface area contributed by atoms with Crippen LogP contribution in [0.5, 0.6) is 17.2 Å². The first kappa shape index (κ1) is 25.3. The Labute approximate surface area is 207 Å². The van der Waals surface area contributed by atoms with Gasteiger partial charge in [0.25, 0.3) is 0 Å². The van der Waals surface area contributed by atoms with Crippen LogP contribution in [-0.4, -0.2) is 38.4 Å². The summed E-state index contributed by atoms with van der Waals surface area (Å²) >= 11 is 7.19. The van der Waals surface area contributed by atoms with E-state index in [1.807, 2.05) is 31.2 Å². The molecule has 0 saturated heterocycles. The van der Waals surface area contributed by atoms with Crippen molar-refractivity contribution in [2.45, 2.75) is 19.3 Å². The average molecular weight is 502 g/mol. The molecule has 1 atom stereocenters. The van der Waals surface area contributed by atoms with Crippen LogP contribution < -0.4 is 24.8 Å². The van der Waals surface area contributed by atoms with Gasteiger partial charge in [-0.1, -0.05) is 41.6 Å². The number of carbonyl (C=O) groups is 2. The van der Waals surface area contributed by atoms with Gasteiger partial charge >= 0.3 is 0 Å². The Hall–Kier alpha value is -3.35. The molecule has 2 aromatic carbocycles. The Kier molecular flexibility index (Phi) is 8.68. The summed E-state index contributed by atoms with van der Waals surface area (Å²) in [6, 6.07) is 12.7. The fourth-order valence-electron chi connectivity index (χ4n) is 3.54. The Morgan fingerprint density at radius 1 is 1.24 bits per heavy atom. The lowest BCUT2D eigenvalue weighted by Crippen LogP contribution is -2.31. The number of hydrogen-bond acceptors (Lipinski definition) is 7. The van der Waals surface area contributed by atoms with Crippen LogP contribution >= 0.6 is 23.4 Å². The van der Waals surface area contributed by atoms with E-state index in [1.54, 1.807) is 12.1 Å². The fraction of sp³-hybridized carbons (Fsp3) is 0.292. The molecule has 1 aliphatic heterocycles. The number of methoxy groups -OCH3 is 2. The van der Waals surface area contributed by atoms with Crippen LogP contribution in [0.3, 0.4) is 0 Å². The monoisotopic (exact) mass is 501 g/mol. The summed E-state index contributed by atoms with van der Waals surface area (Å²) in [5, 5.41) is 16.1. The van der Waals surface area contributed by atoms with E-state index in [4.69, 9.17) is 25.8 Å². The molecule has 178 valence electrons. The molecule has 34 heavy (non-hydrogen) atoms. The lowest BCUT2D eigenvalue weighted by atomic mass is 9.86. The number of nitrogens with one attached hydrogen (secondary N) is 2. The summed E-state index contributed by atoms with van der Waals surface area (Å²) < 4.78 is 16.2. The first-order valence-electron chi connectivity index (χ1n) is 10.4. The molecule has 2 N–H and O–H groups in total. The predicted molar refractivity (Wildman–Crippen MR) is 131 cm³/mol. The molecule has 10 heteroatoms. The number of rotatable bonds is 9. The number of carbonyl (C=O) groups excluding carboxylic acids is 2. The maximum Gasteiger partial charge on any atom is 0.234 e. The van der Waals surface area contributed by atoms with Gasteiger partial charge in [0.15, 0.2) is 0 Å². The summed E-state index contributed by atoms with van der Waals surface area (Å²) in [4.78, 5) is 25.1. The van der Waals surface area contributed by atoms with Crippen molar-refractivity contribution in [2.24, 2.45) is 0 Å². The summed E-state index contributed by atoms with van der Waals surface area (Å²) in [6.45, 7) is 2.33. The molecule has 1 heterocycles. The van der Waals surface area contributed by atoms with E-state index in [0.717, 1.165) is 17.3 Å². The van der Waals surface area contributed by atoms with E-state index in [9.17, 15) is 14.9 Å². The third-order valence-electron chi connectivity index (χ3n) is 5.05. The molecule has 3 rings (SSSR count). The minimum Gasteiger partial charge on any atom is -0.495 e. The maximum absolute atomic E-state index is 12.7. The van der Waals surface area contributed by atoms with Crippen LogP contribution in [0, 0.1) is 11.3 Å².